The van der Waals surface area contributed by atoms with E-state index in [1.807, 2.05) is 30.3 Å². The average Bonchev–Trinajstić information content (AvgIpc) is 2.48. The van der Waals surface area contributed by atoms with Crippen LogP contribution >= 0.6 is 0 Å². The Morgan fingerprint density at radius 2 is 1.90 bits per heavy atom. The van der Waals surface area contributed by atoms with Crippen LogP contribution in [0.5, 0.6) is 0 Å². The molecule has 0 spiro atoms. The van der Waals surface area contributed by atoms with Crippen molar-refractivity contribution in [3.05, 3.63) is 35.9 Å². The second kappa shape index (κ2) is 7.44. The highest BCUT2D eigenvalue weighted by atomic mass is 16.3. The monoisotopic (exact) mass is 275 g/mol. The van der Waals surface area contributed by atoms with Crippen molar-refractivity contribution in [1.82, 2.24) is 5.32 Å². The van der Waals surface area contributed by atoms with Gasteiger partial charge in [-0.1, -0.05) is 43.7 Å². The second-order valence-corrected chi connectivity index (χ2v) is 5.77. The molecule has 20 heavy (non-hydrogen) atoms. The van der Waals surface area contributed by atoms with Crippen LogP contribution in [0.25, 0.3) is 0 Å². The largest absolute Gasteiger partial charge is 0.393 e. The van der Waals surface area contributed by atoms with Gasteiger partial charge in [0.05, 0.1) is 12.0 Å². The van der Waals surface area contributed by atoms with E-state index < -0.39 is 0 Å². The number of aliphatic hydroxyl groups excluding tert-OH is 1. The predicted molar refractivity (Wildman–Crippen MR) is 80.5 cm³/mol. The lowest BCUT2D eigenvalue weighted by Crippen LogP contribution is -2.41. The van der Waals surface area contributed by atoms with Crippen LogP contribution in [0, 0.1) is 0 Å². The highest BCUT2D eigenvalue weighted by Gasteiger charge is 2.25. The summed E-state index contributed by atoms with van der Waals surface area (Å²) in [4.78, 5) is 12.5. The Hall–Kier alpha value is -1.35. The second-order valence-electron chi connectivity index (χ2n) is 5.77. The minimum atomic E-state index is -0.177. The van der Waals surface area contributed by atoms with Gasteiger partial charge in [0.1, 0.15) is 0 Å². The molecule has 1 aliphatic rings. The summed E-state index contributed by atoms with van der Waals surface area (Å²) in [7, 11) is 0. The molecule has 1 aliphatic carbocycles. The van der Waals surface area contributed by atoms with E-state index in [0.717, 1.165) is 44.1 Å². The molecule has 3 heteroatoms. The number of aliphatic hydroxyl groups is 1. The Morgan fingerprint density at radius 3 is 2.50 bits per heavy atom. The molecule has 0 aliphatic heterocycles. The molecular formula is C17H25NO2. The molecule has 1 amide bonds. The fraction of sp³-hybridized carbons (Fsp3) is 0.588. The Labute approximate surface area is 121 Å². The first-order chi connectivity index (χ1) is 9.70. The Morgan fingerprint density at radius 1 is 1.25 bits per heavy atom. The summed E-state index contributed by atoms with van der Waals surface area (Å²) in [6, 6.07) is 10.3. The van der Waals surface area contributed by atoms with Crippen LogP contribution in [-0.4, -0.2) is 23.2 Å². The van der Waals surface area contributed by atoms with E-state index in [2.05, 4.69) is 12.2 Å². The summed E-state index contributed by atoms with van der Waals surface area (Å²) in [5.74, 6) is 0.0903. The molecule has 1 unspecified atom stereocenters. The fourth-order valence-corrected chi connectivity index (χ4v) is 2.95. The van der Waals surface area contributed by atoms with E-state index >= 15 is 0 Å². The first-order valence-electron chi connectivity index (χ1n) is 7.74. The van der Waals surface area contributed by atoms with Crippen LogP contribution in [0.15, 0.2) is 30.3 Å². The molecule has 1 saturated carbocycles. The number of hydrogen-bond acceptors (Lipinski definition) is 2. The van der Waals surface area contributed by atoms with Crippen LogP contribution in [0.1, 0.15) is 56.9 Å². The zero-order valence-electron chi connectivity index (χ0n) is 12.2. The number of nitrogens with one attached hydrogen (secondary N) is 1. The van der Waals surface area contributed by atoms with Gasteiger partial charge in [-0.05, 0) is 37.7 Å². The molecule has 0 heterocycles. The van der Waals surface area contributed by atoms with Crippen LogP contribution in [0.2, 0.25) is 0 Å². The van der Waals surface area contributed by atoms with Crippen LogP contribution < -0.4 is 5.32 Å². The van der Waals surface area contributed by atoms with Gasteiger partial charge in [-0.2, -0.15) is 0 Å². The van der Waals surface area contributed by atoms with Gasteiger partial charge in [0.15, 0.2) is 0 Å². The lowest BCUT2D eigenvalue weighted by atomic mass is 9.90. The molecule has 2 rings (SSSR count). The topological polar surface area (TPSA) is 49.3 Å². The highest BCUT2D eigenvalue weighted by molar-refractivity contribution is 5.83. The van der Waals surface area contributed by atoms with Crippen LogP contribution in [0.3, 0.4) is 0 Å². The summed E-state index contributed by atoms with van der Waals surface area (Å²) in [6.45, 7) is 2.11. The zero-order valence-corrected chi connectivity index (χ0v) is 12.2. The number of carbonyl (C=O) groups is 1. The summed E-state index contributed by atoms with van der Waals surface area (Å²) in [5, 5.41) is 12.7. The predicted octanol–water partition coefficient (Wildman–Crippen LogP) is 2.99. The van der Waals surface area contributed by atoms with Crippen molar-refractivity contribution in [3.8, 4) is 0 Å². The van der Waals surface area contributed by atoms with E-state index in [1.165, 1.54) is 0 Å². The molecule has 0 radical (unpaired) electrons. The third-order valence-electron chi connectivity index (χ3n) is 4.14. The smallest absolute Gasteiger partial charge is 0.227 e. The van der Waals surface area contributed by atoms with Crippen LogP contribution in [-0.2, 0) is 4.79 Å². The zero-order chi connectivity index (χ0) is 14.4. The van der Waals surface area contributed by atoms with Gasteiger partial charge in [-0.25, -0.2) is 0 Å². The lowest BCUT2D eigenvalue weighted by molar-refractivity contribution is -0.123. The molecule has 3 nitrogen and oxygen atoms in total. The highest BCUT2D eigenvalue weighted by Crippen LogP contribution is 2.24. The third-order valence-corrected chi connectivity index (χ3v) is 4.14. The number of amides is 1. The molecule has 0 bridgehead atoms. The van der Waals surface area contributed by atoms with Crippen molar-refractivity contribution < 1.29 is 9.90 Å². The molecule has 0 saturated heterocycles. The summed E-state index contributed by atoms with van der Waals surface area (Å²) in [5.41, 5.74) is 1.10. The minimum absolute atomic E-state index is 0.0481. The fourth-order valence-electron chi connectivity index (χ4n) is 2.95. The van der Waals surface area contributed by atoms with Crippen molar-refractivity contribution in [1.29, 1.82) is 0 Å². The van der Waals surface area contributed by atoms with Gasteiger partial charge < -0.3 is 10.4 Å². The van der Waals surface area contributed by atoms with Gasteiger partial charge >= 0.3 is 0 Å². The van der Waals surface area contributed by atoms with Crippen LogP contribution in [0.4, 0.5) is 0 Å². The molecule has 1 aromatic rings. The maximum atomic E-state index is 12.5. The van der Waals surface area contributed by atoms with E-state index in [-0.39, 0.29) is 24.0 Å². The molecule has 110 valence electrons. The molecular weight excluding hydrogens is 250 g/mol. The number of carbonyl (C=O) groups excluding carboxylic acids is 1. The maximum Gasteiger partial charge on any atom is 0.227 e. The lowest BCUT2D eigenvalue weighted by Gasteiger charge is -2.28. The van der Waals surface area contributed by atoms with Crippen molar-refractivity contribution in [2.75, 3.05) is 0 Å². The van der Waals surface area contributed by atoms with Gasteiger partial charge in [0.25, 0.3) is 0 Å². The quantitative estimate of drug-likeness (QED) is 0.868. The van der Waals surface area contributed by atoms with E-state index in [1.54, 1.807) is 0 Å². The molecule has 1 fully saturated rings. The summed E-state index contributed by atoms with van der Waals surface area (Å²) in [6.07, 6.45) is 5.08. The SMILES string of the molecule is CCCC(C(=O)NC1CCC(O)CC1)c1ccccc1. The van der Waals surface area contributed by atoms with Crippen molar-refractivity contribution in [3.63, 3.8) is 0 Å². The Kier molecular flexibility index (Phi) is 5.60. The average molecular weight is 275 g/mol. The maximum absolute atomic E-state index is 12.5. The van der Waals surface area contributed by atoms with Gasteiger partial charge in [0, 0.05) is 6.04 Å². The first-order valence-corrected chi connectivity index (χ1v) is 7.74. The van der Waals surface area contributed by atoms with Crippen molar-refractivity contribution in [2.45, 2.75) is 63.5 Å². The van der Waals surface area contributed by atoms with Gasteiger partial charge in [0.2, 0.25) is 5.91 Å². The molecule has 1 atom stereocenters. The molecule has 1 aromatic carbocycles. The van der Waals surface area contributed by atoms with E-state index in [9.17, 15) is 9.90 Å². The van der Waals surface area contributed by atoms with E-state index in [0.29, 0.717) is 0 Å². The first kappa shape index (κ1) is 15.0. The molecule has 0 aromatic heterocycles. The van der Waals surface area contributed by atoms with Crippen molar-refractivity contribution in [2.24, 2.45) is 0 Å². The Balaban J connectivity index is 1.97. The number of benzene rings is 1. The standard InChI is InChI=1S/C17H25NO2/c1-2-6-16(13-7-4-3-5-8-13)17(20)18-14-9-11-15(19)12-10-14/h3-5,7-8,14-16,19H,2,6,9-12H2,1H3,(H,18,20). The van der Waals surface area contributed by atoms with Gasteiger partial charge in [-0.3, -0.25) is 4.79 Å². The summed E-state index contributed by atoms with van der Waals surface area (Å²) >= 11 is 0. The van der Waals surface area contributed by atoms with E-state index in [4.69, 9.17) is 0 Å². The molecule has 2 N–H and O–H groups in total. The number of hydrogen-bond donors (Lipinski definition) is 2. The minimum Gasteiger partial charge on any atom is -0.393 e. The van der Waals surface area contributed by atoms with Gasteiger partial charge in [-0.15, -0.1) is 0 Å². The normalized spacial score (nSPS) is 24.1. The Bertz CT molecular complexity index is 410. The van der Waals surface area contributed by atoms with Crippen molar-refractivity contribution >= 4 is 5.91 Å². The number of rotatable bonds is 5. The third kappa shape index (κ3) is 4.07. The summed E-state index contributed by atoms with van der Waals surface area (Å²) < 4.78 is 0.